The quantitative estimate of drug-likeness (QED) is 0.210. The molecule has 2 aromatic heterocycles. The van der Waals surface area contributed by atoms with Gasteiger partial charge in [0.05, 0.1) is 11.0 Å². The fraction of sp³-hybridized carbons (Fsp3) is 0.0811. The molecule has 5 aromatic carbocycles. The van der Waals surface area contributed by atoms with Crippen LogP contribution in [0, 0.1) is 0 Å². The highest BCUT2D eigenvalue weighted by atomic mass is 15.1. The molecular weight excluding hydrogens is 514 g/mol. The molecule has 0 aliphatic rings. The van der Waals surface area contributed by atoms with Crippen LogP contribution in [0.2, 0.25) is 0 Å². The van der Waals surface area contributed by atoms with E-state index in [9.17, 15) is 0 Å². The number of aromatic nitrogens is 5. The van der Waals surface area contributed by atoms with Crippen LogP contribution in [0.5, 0.6) is 0 Å². The number of rotatable bonds is 6. The van der Waals surface area contributed by atoms with Gasteiger partial charge >= 0.3 is 0 Å². The van der Waals surface area contributed by atoms with Gasteiger partial charge in [-0.1, -0.05) is 123 Å². The van der Waals surface area contributed by atoms with Gasteiger partial charge < -0.3 is 0 Å². The maximum absolute atomic E-state index is 5.13. The molecule has 0 aliphatic carbocycles. The van der Waals surface area contributed by atoms with Crippen LogP contribution in [0.1, 0.15) is 25.3 Å². The summed E-state index contributed by atoms with van der Waals surface area (Å²) in [7, 11) is 0. The zero-order valence-electron chi connectivity index (χ0n) is 23.5. The van der Waals surface area contributed by atoms with Crippen LogP contribution in [0.15, 0.2) is 133 Å². The molecule has 5 heteroatoms. The van der Waals surface area contributed by atoms with Crippen molar-refractivity contribution in [1.82, 2.24) is 24.5 Å². The minimum atomic E-state index is 0.360. The Morgan fingerprint density at radius 1 is 0.500 bits per heavy atom. The lowest BCUT2D eigenvalue weighted by molar-refractivity contribution is 0.865. The van der Waals surface area contributed by atoms with Crippen LogP contribution in [0.4, 0.5) is 0 Å². The van der Waals surface area contributed by atoms with E-state index in [0.29, 0.717) is 23.4 Å². The first-order valence-electron chi connectivity index (χ1n) is 14.2. The topological polar surface area (TPSA) is 56.5 Å². The predicted molar refractivity (Wildman–Crippen MR) is 170 cm³/mol. The number of para-hydroxylation sites is 2. The number of nitrogens with zero attached hydrogens (tertiary/aromatic N) is 5. The van der Waals surface area contributed by atoms with Crippen molar-refractivity contribution in [3.8, 4) is 51.2 Å². The van der Waals surface area contributed by atoms with Crippen LogP contribution in [0.3, 0.4) is 0 Å². The largest absolute Gasteiger partial charge is 0.292 e. The molecule has 42 heavy (non-hydrogen) atoms. The summed E-state index contributed by atoms with van der Waals surface area (Å²) in [5.74, 6) is 3.19. The summed E-state index contributed by atoms with van der Waals surface area (Å²) in [5.41, 5.74) is 8.20. The van der Waals surface area contributed by atoms with Crippen molar-refractivity contribution in [3.05, 3.63) is 139 Å². The van der Waals surface area contributed by atoms with Crippen molar-refractivity contribution in [3.63, 3.8) is 0 Å². The SMILES string of the molecule is CC(C)c1ccccc1-c1nc2ccccc2n1-c1cccc(-c2nc(-c3ccccc3)nc(-c3ccccc3)n2)c1. The van der Waals surface area contributed by atoms with Gasteiger partial charge in [0, 0.05) is 27.9 Å². The molecule has 0 radical (unpaired) electrons. The maximum atomic E-state index is 5.13. The van der Waals surface area contributed by atoms with Gasteiger partial charge in [-0.2, -0.15) is 0 Å². The van der Waals surface area contributed by atoms with E-state index in [-0.39, 0.29) is 0 Å². The van der Waals surface area contributed by atoms with Gasteiger partial charge in [-0.05, 0) is 35.7 Å². The Hall–Kier alpha value is -5.42. The average Bonchev–Trinajstić information content (AvgIpc) is 3.45. The van der Waals surface area contributed by atoms with Crippen molar-refractivity contribution in [1.29, 1.82) is 0 Å². The summed E-state index contributed by atoms with van der Waals surface area (Å²) in [6.45, 7) is 4.45. The van der Waals surface area contributed by atoms with E-state index in [2.05, 4.69) is 85.1 Å². The molecule has 202 valence electrons. The molecule has 5 nitrogen and oxygen atoms in total. The first-order valence-corrected chi connectivity index (χ1v) is 14.2. The van der Waals surface area contributed by atoms with Gasteiger partial charge in [-0.15, -0.1) is 0 Å². The van der Waals surface area contributed by atoms with Gasteiger partial charge in [-0.25, -0.2) is 19.9 Å². The molecule has 2 heterocycles. The molecule has 7 rings (SSSR count). The molecule has 0 amide bonds. The number of benzene rings is 5. The third-order valence-electron chi connectivity index (χ3n) is 7.45. The second kappa shape index (κ2) is 10.9. The Labute approximate surface area is 245 Å². The smallest absolute Gasteiger partial charge is 0.164 e. The van der Waals surface area contributed by atoms with Gasteiger partial charge in [0.15, 0.2) is 17.5 Å². The van der Waals surface area contributed by atoms with Gasteiger partial charge in [-0.3, -0.25) is 4.57 Å². The van der Waals surface area contributed by atoms with E-state index in [1.54, 1.807) is 0 Å². The van der Waals surface area contributed by atoms with E-state index in [1.807, 2.05) is 66.7 Å². The lowest BCUT2D eigenvalue weighted by Crippen LogP contribution is -2.03. The Balaban J connectivity index is 1.43. The Bertz CT molecular complexity index is 1950. The highest BCUT2D eigenvalue weighted by Gasteiger charge is 2.19. The molecule has 0 atom stereocenters. The summed E-state index contributed by atoms with van der Waals surface area (Å²) in [5, 5.41) is 0. The normalized spacial score (nSPS) is 11.3. The van der Waals surface area contributed by atoms with Crippen LogP contribution >= 0.6 is 0 Å². The molecule has 0 fully saturated rings. The standard InChI is InChI=1S/C37H29N5/c1-25(2)30-20-9-10-21-31(30)37-38-32-22-11-12-23-33(32)42(37)29-19-13-18-28(24-29)36-40-34(26-14-5-3-6-15-26)39-35(41-36)27-16-7-4-8-17-27/h3-25H,1-2H3. The number of hydrogen-bond donors (Lipinski definition) is 0. The van der Waals surface area contributed by atoms with E-state index < -0.39 is 0 Å². The molecule has 0 unspecified atom stereocenters. The molecule has 0 saturated heterocycles. The summed E-state index contributed by atoms with van der Waals surface area (Å²) in [6.07, 6.45) is 0. The maximum Gasteiger partial charge on any atom is 0.164 e. The Morgan fingerprint density at radius 2 is 1.05 bits per heavy atom. The third kappa shape index (κ3) is 4.75. The predicted octanol–water partition coefficient (Wildman–Crippen LogP) is 9.00. The fourth-order valence-corrected chi connectivity index (χ4v) is 5.39. The van der Waals surface area contributed by atoms with Crippen molar-refractivity contribution >= 4 is 11.0 Å². The molecule has 0 N–H and O–H groups in total. The minimum Gasteiger partial charge on any atom is -0.292 e. The second-order valence-corrected chi connectivity index (χ2v) is 10.6. The number of hydrogen-bond acceptors (Lipinski definition) is 4. The highest BCUT2D eigenvalue weighted by Crippen LogP contribution is 2.34. The summed E-state index contributed by atoms with van der Waals surface area (Å²) < 4.78 is 2.25. The van der Waals surface area contributed by atoms with Crippen molar-refractivity contribution in [2.24, 2.45) is 0 Å². The zero-order chi connectivity index (χ0) is 28.5. The lowest BCUT2D eigenvalue weighted by Gasteiger charge is -2.15. The molecule has 0 spiro atoms. The molecule has 0 saturated carbocycles. The minimum absolute atomic E-state index is 0.360. The average molecular weight is 544 g/mol. The van der Waals surface area contributed by atoms with Crippen molar-refractivity contribution in [2.45, 2.75) is 19.8 Å². The first kappa shape index (κ1) is 25.5. The molecule has 0 bridgehead atoms. The molecule has 0 aliphatic heterocycles. The summed E-state index contributed by atoms with van der Waals surface area (Å²) >= 11 is 0. The molecule has 7 aromatic rings. The lowest BCUT2D eigenvalue weighted by atomic mass is 9.97. The Morgan fingerprint density at radius 3 is 1.71 bits per heavy atom. The van der Waals surface area contributed by atoms with Crippen LogP contribution in [-0.2, 0) is 0 Å². The van der Waals surface area contributed by atoms with Crippen LogP contribution < -0.4 is 0 Å². The fourth-order valence-electron chi connectivity index (χ4n) is 5.39. The van der Waals surface area contributed by atoms with Crippen LogP contribution in [-0.4, -0.2) is 24.5 Å². The Kier molecular flexibility index (Phi) is 6.61. The third-order valence-corrected chi connectivity index (χ3v) is 7.45. The summed E-state index contributed by atoms with van der Waals surface area (Å²) in [4.78, 5) is 19.9. The number of fused-ring (bicyclic) bond motifs is 1. The first-order chi connectivity index (χ1) is 20.7. The molecular formula is C37H29N5. The number of imidazole rings is 1. The van der Waals surface area contributed by atoms with Crippen LogP contribution in [0.25, 0.3) is 62.3 Å². The van der Waals surface area contributed by atoms with E-state index in [4.69, 9.17) is 19.9 Å². The van der Waals surface area contributed by atoms with E-state index in [1.165, 1.54) is 5.56 Å². The van der Waals surface area contributed by atoms with E-state index >= 15 is 0 Å². The second-order valence-electron chi connectivity index (χ2n) is 10.6. The summed E-state index contributed by atoms with van der Waals surface area (Å²) in [6, 6.07) is 45.3. The van der Waals surface area contributed by atoms with E-state index in [0.717, 1.165) is 44.8 Å². The van der Waals surface area contributed by atoms with Gasteiger partial charge in [0.2, 0.25) is 0 Å². The van der Waals surface area contributed by atoms with Crippen molar-refractivity contribution < 1.29 is 0 Å². The monoisotopic (exact) mass is 543 g/mol. The zero-order valence-corrected chi connectivity index (χ0v) is 23.5. The van der Waals surface area contributed by atoms with Gasteiger partial charge in [0.1, 0.15) is 5.82 Å². The van der Waals surface area contributed by atoms with Crippen molar-refractivity contribution in [2.75, 3.05) is 0 Å². The highest BCUT2D eigenvalue weighted by molar-refractivity contribution is 5.84. The van der Waals surface area contributed by atoms with Gasteiger partial charge in [0.25, 0.3) is 0 Å².